The molecule has 0 N–H and O–H groups in total. The first-order valence-corrected chi connectivity index (χ1v) is 14.6. The summed E-state index contributed by atoms with van der Waals surface area (Å²) in [5, 5.41) is 0. The Kier molecular flexibility index (Phi) is 6.19. The second-order valence-electron chi connectivity index (χ2n) is 8.69. The average molecular weight is 389 g/mol. The normalized spacial score (nSPS) is 14.8. The van der Waals surface area contributed by atoms with Crippen molar-refractivity contribution in [3.63, 3.8) is 0 Å². The number of hydrogen-bond donors (Lipinski definition) is 0. The van der Waals surface area contributed by atoms with E-state index in [1.165, 1.54) is 5.56 Å². The third kappa shape index (κ3) is 4.29. The van der Waals surface area contributed by atoms with Crippen LogP contribution < -0.4 is 0 Å². The van der Waals surface area contributed by atoms with Gasteiger partial charge in [0.1, 0.15) is 0 Å². The molecule has 0 aliphatic heterocycles. The lowest BCUT2D eigenvalue weighted by Gasteiger charge is -2.33. The summed E-state index contributed by atoms with van der Waals surface area (Å²) in [6.07, 6.45) is 1.44. The zero-order chi connectivity index (χ0) is 19.6. The average Bonchev–Trinajstić information content (AvgIpc) is 2.54. The highest BCUT2D eigenvalue weighted by atomic mass is 32.2. The maximum Gasteiger partial charge on any atom is 0.187 e. The Bertz CT molecular complexity index is 848. The SMILES string of the molecule is CCCC(C)(c1ccccc1C[Si](C)(C)C)S(=O)(=O)c1ccc(C)cc1. The molecule has 0 bridgehead atoms. The van der Waals surface area contributed by atoms with Crippen LogP contribution in [0.3, 0.4) is 0 Å². The maximum atomic E-state index is 13.7. The van der Waals surface area contributed by atoms with Gasteiger partial charge in [-0.15, -0.1) is 0 Å². The number of benzene rings is 2. The van der Waals surface area contributed by atoms with E-state index in [-0.39, 0.29) is 0 Å². The Hall–Kier alpha value is -1.39. The lowest BCUT2D eigenvalue weighted by atomic mass is 9.92. The maximum absolute atomic E-state index is 13.7. The van der Waals surface area contributed by atoms with Crippen molar-refractivity contribution in [3.05, 3.63) is 65.2 Å². The van der Waals surface area contributed by atoms with E-state index in [0.29, 0.717) is 11.3 Å². The van der Waals surface area contributed by atoms with Gasteiger partial charge in [0.05, 0.1) is 9.64 Å². The molecule has 2 nitrogen and oxygen atoms in total. The number of aryl methyl sites for hydroxylation is 1. The predicted octanol–water partition coefficient (Wildman–Crippen LogP) is 5.90. The minimum Gasteiger partial charge on any atom is -0.223 e. The van der Waals surface area contributed by atoms with E-state index in [1.54, 1.807) is 12.1 Å². The van der Waals surface area contributed by atoms with E-state index in [4.69, 9.17) is 0 Å². The first-order valence-electron chi connectivity index (χ1n) is 9.41. The van der Waals surface area contributed by atoms with Gasteiger partial charge in [-0.3, -0.25) is 0 Å². The molecule has 0 saturated carbocycles. The van der Waals surface area contributed by atoms with Gasteiger partial charge < -0.3 is 0 Å². The van der Waals surface area contributed by atoms with Gasteiger partial charge in [0.2, 0.25) is 0 Å². The Morgan fingerprint density at radius 1 is 0.962 bits per heavy atom. The van der Waals surface area contributed by atoms with Gasteiger partial charge in [0, 0.05) is 8.07 Å². The highest BCUT2D eigenvalue weighted by molar-refractivity contribution is 7.92. The molecule has 0 saturated heterocycles. The van der Waals surface area contributed by atoms with E-state index in [1.807, 2.05) is 44.2 Å². The van der Waals surface area contributed by atoms with Gasteiger partial charge in [0.15, 0.2) is 9.84 Å². The fourth-order valence-electron chi connectivity index (χ4n) is 3.63. The van der Waals surface area contributed by atoms with Crippen molar-refractivity contribution in [1.82, 2.24) is 0 Å². The first kappa shape index (κ1) is 20.9. The molecule has 2 aromatic rings. The molecule has 26 heavy (non-hydrogen) atoms. The summed E-state index contributed by atoms with van der Waals surface area (Å²) in [5.74, 6) is 0. The second kappa shape index (κ2) is 7.69. The molecule has 2 rings (SSSR count). The van der Waals surface area contributed by atoms with Crippen LogP contribution in [0.15, 0.2) is 53.4 Å². The van der Waals surface area contributed by atoms with Gasteiger partial charge >= 0.3 is 0 Å². The van der Waals surface area contributed by atoms with Crippen LogP contribution in [0, 0.1) is 6.92 Å². The topological polar surface area (TPSA) is 34.1 Å². The summed E-state index contributed by atoms with van der Waals surface area (Å²) in [6, 6.07) is 16.4. The van der Waals surface area contributed by atoms with Gasteiger partial charge in [-0.25, -0.2) is 8.42 Å². The predicted molar refractivity (Wildman–Crippen MR) is 114 cm³/mol. The van der Waals surface area contributed by atoms with Gasteiger partial charge in [-0.05, 0) is 49.6 Å². The molecular formula is C22H32O2SSi. The van der Waals surface area contributed by atoms with E-state index < -0.39 is 22.7 Å². The number of rotatable bonds is 7. The minimum atomic E-state index is -3.50. The summed E-state index contributed by atoms with van der Waals surface area (Å²) in [5.41, 5.74) is 3.24. The van der Waals surface area contributed by atoms with Crippen LogP contribution in [0.4, 0.5) is 0 Å². The highest BCUT2D eigenvalue weighted by Crippen LogP contribution is 2.41. The molecule has 0 aliphatic carbocycles. The van der Waals surface area contributed by atoms with Crippen LogP contribution in [0.5, 0.6) is 0 Å². The van der Waals surface area contributed by atoms with E-state index >= 15 is 0 Å². The van der Waals surface area contributed by atoms with Crippen LogP contribution >= 0.6 is 0 Å². The third-order valence-electron chi connectivity index (χ3n) is 4.96. The molecule has 0 aliphatic rings. The molecule has 0 heterocycles. The van der Waals surface area contributed by atoms with Crippen LogP contribution in [0.2, 0.25) is 19.6 Å². The minimum absolute atomic E-state index is 0.418. The van der Waals surface area contributed by atoms with Crippen LogP contribution in [-0.2, 0) is 20.6 Å². The van der Waals surface area contributed by atoms with Crippen LogP contribution in [0.1, 0.15) is 43.4 Å². The van der Waals surface area contributed by atoms with E-state index in [0.717, 1.165) is 23.6 Å². The molecule has 0 spiro atoms. The first-order chi connectivity index (χ1) is 12.0. The zero-order valence-electron chi connectivity index (χ0n) is 17.0. The molecule has 0 fully saturated rings. The van der Waals surface area contributed by atoms with Crippen LogP contribution in [0.25, 0.3) is 0 Å². The van der Waals surface area contributed by atoms with Crippen LogP contribution in [-0.4, -0.2) is 16.5 Å². The molecular weight excluding hydrogens is 356 g/mol. The van der Waals surface area contributed by atoms with Crippen molar-refractivity contribution < 1.29 is 8.42 Å². The lowest BCUT2D eigenvalue weighted by molar-refractivity contribution is 0.510. The third-order valence-corrected chi connectivity index (χ3v) is 8.90. The Balaban J connectivity index is 2.66. The molecule has 2 aromatic carbocycles. The largest absolute Gasteiger partial charge is 0.223 e. The summed E-state index contributed by atoms with van der Waals surface area (Å²) < 4.78 is 26.5. The van der Waals surface area contributed by atoms with Gasteiger partial charge in [-0.1, -0.05) is 74.9 Å². The van der Waals surface area contributed by atoms with Gasteiger partial charge in [0.25, 0.3) is 0 Å². The second-order valence-corrected chi connectivity index (χ2v) is 16.5. The van der Waals surface area contributed by atoms with Crippen molar-refractivity contribution in [2.45, 2.75) is 68.9 Å². The molecule has 1 unspecified atom stereocenters. The Morgan fingerprint density at radius 2 is 1.54 bits per heavy atom. The summed E-state index contributed by atoms with van der Waals surface area (Å²) in [6.45, 7) is 12.9. The summed E-state index contributed by atoms with van der Waals surface area (Å²) in [4.78, 5) is 0.418. The molecule has 0 amide bonds. The Morgan fingerprint density at radius 3 is 2.08 bits per heavy atom. The lowest BCUT2D eigenvalue weighted by Crippen LogP contribution is -2.35. The molecule has 4 heteroatoms. The van der Waals surface area contributed by atoms with Crippen molar-refractivity contribution in [2.24, 2.45) is 0 Å². The molecule has 0 aromatic heterocycles. The fraction of sp³-hybridized carbons (Fsp3) is 0.455. The standard InChI is InChI=1S/C22H32O2SSi/c1-7-16-22(3,25(23,24)20-14-12-18(2)13-15-20)21-11-9-8-10-19(21)17-26(4,5)6/h8-15H,7,16-17H2,1-6H3. The Labute approximate surface area is 160 Å². The van der Waals surface area contributed by atoms with E-state index in [2.05, 4.69) is 32.6 Å². The van der Waals surface area contributed by atoms with Crippen molar-refractivity contribution in [2.75, 3.05) is 0 Å². The van der Waals surface area contributed by atoms with E-state index in [9.17, 15) is 8.42 Å². The van der Waals surface area contributed by atoms with Crippen molar-refractivity contribution in [3.8, 4) is 0 Å². The molecule has 0 radical (unpaired) electrons. The quantitative estimate of drug-likeness (QED) is 0.553. The summed E-state index contributed by atoms with van der Waals surface area (Å²) in [7, 11) is -4.87. The number of sulfone groups is 1. The smallest absolute Gasteiger partial charge is 0.187 e. The highest BCUT2D eigenvalue weighted by Gasteiger charge is 2.42. The van der Waals surface area contributed by atoms with Crippen molar-refractivity contribution in [1.29, 1.82) is 0 Å². The van der Waals surface area contributed by atoms with Crippen molar-refractivity contribution >= 4 is 17.9 Å². The zero-order valence-corrected chi connectivity index (χ0v) is 18.8. The number of hydrogen-bond acceptors (Lipinski definition) is 2. The molecule has 1 atom stereocenters. The molecule has 142 valence electrons. The fourth-order valence-corrected chi connectivity index (χ4v) is 7.06. The summed E-state index contributed by atoms with van der Waals surface area (Å²) >= 11 is 0. The monoisotopic (exact) mass is 388 g/mol. The van der Waals surface area contributed by atoms with Gasteiger partial charge in [-0.2, -0.15) is 0 Å².